The Bertz CT molecular complexity index is 373. The zero-order valence-corrected chi connectivity index (χ0v) is 11.5. The number of amides is 1. The summed E-state index contributed by atoms with van der Waals surface area (Å²) in [5.41, 5.74) is 0. The highest BCUT2D eigenvalue weighted by Gasteiger charge is 2.07. The molecule has 0 fully saturated rings. The van der Waals surface area contributed by atoms with Crippen molar-refractivity contribution in [3.63, 3.8) is 0 Å². The Hall–Kier alpha value is -1.65. The lowest BCUT2D eigenvalue weighted by Crippen LogP contribution is -2.19. The Morgan fingerprint density at radius 2 is 1.78 bits per heavy atom. The molecule has 0 saturated heterocycles. The van der Waals surface area contributed by atoms with Crippen LogP contribution in [-0.4, -0.2) is 22.6 Å². The lowest BCUT2D eigenvalue weighted by Gasteiger charge is -2.08. The second-order valence-electron chi connectivity index (χ2n) is 5.06. The zero-order chi connectivity index (χ0) is 13.5. The summed E-state index contributed by atoms with van der Waals surface area (Å²) in [5.74, 6) is 1.77. The molecule has 2 N–H and O–H groups in total. The topological polar surface area (TPSA) is 66.9 Å². The van der Waals surface area contributed by atoms with Crippen LogP contribution in [0.5, 0.6) is 0 Å². The maximum Gasteiger partial charge on any atom is 0.228 e. The number of nitrogens with zero attached hydrogens (tertiary/aromatic N) is 2. The highest BCUT2D eigenvalue weighted by atomic mass is 16.1. The van der Waals surface area contributed by atoms with Crippen LogP contribution in [0.3, 0.4) is 0 Å². The van der Waals surface area contributed by atoms with Crippen LogP contribution in [-0.2, 0) is 4.79 Å². The quantitative estimate of drug-likeness (QED) is 0.814. The molecule has 0 atom stereocenters. The number of carbonyl (C=O) groups is 1. The zero-order valence-electron chi connectivity index (χ0n) is 11.5. The van der Waals surface area contributed by atoms with E-state index in [4.69, 9.17) is 0 Å². The van der Waals surface area contributed by atoms with Gasteiger partial charge >= 0.3 is 0 Å². The standard InChI is InChI=1S/C13H22N4O/c1-9(2)7-8-14-11-5-6-12(17-16-11)15-13(18)10(3)4/h5-6,9-10H,7-8H2,1-4H3,(H,14,16)(H,15,17,18). The summed E-state index contributed by atoms with van der Waals surface area (Å²) in [5, 5.41) is 13.9. The summed E-state index contributed by atoms with van der Waals surface area (Å²) >= 11 is 0. The molecule has 0 aliphatic carbocycles. The van der Waals surface area contributed by atoms with Gasteiger partial charge < -0.3 is 10.6 Å². The molecule has 18 heavy (non-hydrogen) atoms. The first-order chi connectivity index (χ1) is 8.49. The molecule has 0 bridgehead atoms. The summed E-state index contributed by atoms with van der Waals surface area (Å²) in [4.78, 5) is 11.4. The molecule has 0 aromatic carbocycles. The minimum Gasteiger partial charge on any atom is -0.369 e. The van der Waals surface area contributed by atoms with Gasteiger partial charge in [0.15, 0.2) is 5.82 Å². The average molecular weight is 250 g/mol. The molecule has 0 unspecified atom stereocenters. The SMILES string of the molecule is CC(C)CCNc1ccc(NC(=O)C(C)C)nn1. The number of anilines is 2. The van der Waals surface area contributed by atoms with Gasteiger partial charge in [0.1, 0.15) is 5.82 Å². The predicted octanol–water partition coefficient (Wildman–Crippen LogP) is 2.53. The molecular formula is C13H22N4O. The van der Waals surface area contributed by atoms with Gasteiger partial charge in [0, 0.05) is 12.5 Å². The number of rotatable bonds is 6. The molecule has 1 aromatic heterocycles. The summed E-state index contributed by atoms with van der Waals surface area (Å²) < 4.78 is 0. The molecule has 0 saturated carbocycles. The Balaban J connectivity index is 2.45. The summed E-state index contributed by atoms with van der Waals surface area (Å²) in [6.07, 6.45) is 1.09. The maximum atomic E-state index is 11.4. The average Bonchev–Trinajstić information content (AvgIpc) is 2.30. The fraction of sp³-hybridized carbons (Fsp3) is 0.615. The number of aromatic nitrogens is 2. The van der Waals surface area contributed by atoms with Gasteiger partial charge in [-0.25, -0.2) is 0 Å². The highest BCUT2D eigenvalue weighted by molar-refractivity contribution is 5.91. The van der Waals surface area contributed by atoms with Crippen molar-refractivity contribution in [3.8, 4) is 0 Å². The molecule has 0 aliphatic heterocycles. The van der Waals surface area contributed by atoms with Gasteiger partial charge in [-0.15, -0.1) is 10.2 Å². The third-order valence-electron chi connectivity index (χ3n) is 2.47. The monoisotopic (exact) mass is 250 g/mol. The van der Waals surface area contributed by atoms with Crippen LogP contribution >= 0.6 is 0 Å². The molecule has 0 radical (unpaired) electrons. The van der Waals surface area contributed by atoms with Crippen LogP contribution in [0.2, 0.25) is 0 Å². The van der Waals surface area contributed by atoms with E-state index in [1.807, 2.05) is 19.9 Å². The molecule has 100 valence electrons. The van der Waals surface area contributed by atoms with Crippen molar-refractivity contribution in [3.05, 3.63) is 12.1 Å². The first-order valence-electron chi connectivity index (χ1n) is 6.37. The fourth-order valence-electron chi connectivity index (χ4n) is 1.25. The maximum absolute atomic E-state index is 11.4. The molecular weight excluding hydrogens is 228 g/mol. The normalized spacial score (nSPS) is 10.8. The van der Waals surface area contributed by atoms with Crippen molar-refractivity contribution < 1.29 is 4.79 Å². The van der Waals surface area contributed by atoms with Crippen LogP contribution in [0, 0.1) is 11.8 Å². The Morgan fingerprint density at radius 3 is 2.28 bits per heavy atom. The van der Waals surface area contributed by atoms with E-state index >= 15 is 0 Å². The van der Waals surface area contributed by atoms with Gasteiger partial charge in [0.2, 0.25) is 5.91 Å². The minimum absolute atomic E-state index is 0.0511. The van der Waals surface area contributed by atoms with Crippen molar-refractivity contribution in [2.45, 2.75) is 34.1 Å². The molecule has 0 spiro atoms. The number of carbonyl (C=O) groups excluding carboxylic acids is 1. The molecule has 1 rings (SSSR count). The molecule has 1 amide bonds. The largest absolute Gasteiger partial charge is 0.369 e. The van der Waals surface area contributed by atoms with E-state index < -0.39 is 0 Å². The van der Waals surface area contributed by atoms with Crippen LogP contribution in [0.15, 0.2) is 12.1 Å². The van der Waals surface area contributed by atoms with E-state index in [0.717, 1.165) is 18.8 Å². The molecule has 5 nitrogen and oxygen atoms in total. The van der Waals surface area contributed by atoms with E-state index in [1.54, 1.807) is 6.07 Å². The third kappa shape index (κ3) is 5.12. The molecule has 5 heteroatoms. The second kappa shape index (κ2) is 6.93. The van der Waals surface area contributed by atoms with E-state index in [0.29, 0.717) is 11.7 Å². The van der Waals surface area contributed by atoms with E-state index in [2.05, 4.69) is 34.7 Å². The Labute approximate surface area is 108 Å². The number of hydrogen-bond acceptors (Lipinski definition) is 4. The van der Waals surface area contributed by atoms with Crippen molar-refractivity contribution in [1.82, 2.24) is 10.2 Å². The van der Waals surface area contributed by atoms with Gasteiger partial charge in [0.25, 0.3) is 0 Å². The fourth-order valence-corrected chi connectivity index (χ4v) is 1.25. The first kappa shape index (κ1) is 14.4. The van der Waals surface area contributed by atoms with Gasteiger partial charge in [-0.1, -0.05) is 27.7 Å². The summed E-state index contributed by atoms with van der Waals surface area (Å²) in [6, 6.07) is 3.58. The van der Waals surface area contributed by atoms with E-state index in [-0.39, 0.29) is 11.8 Å². The van der Waals surface area contributed by atoms with Gasteiger partial charge in [-0.05, 0) is 24.5 Å². The van der Waals surface area contributed by atoms with E-state index in [9.17, 15) is 4.79 Å². The van der Waals surface area contributed by atoms with Crippen LogP contribution < -0.4 is 10.6 Å². The third-order valence-corrected chi connectivity index (χ3v) is 2.47. The van der Waals surface area contributed by atoms with E-state index in [1.165, 1.54) is 0 Å². The van der Waals surface area contributed by atoms with Gasteiger partial charge in [-0.2, -0.15) is 0 Å². The van der Waals surface area contributed by atoms with Crippen molar-refractivity contribution in [2.24, 2.45) is 11.8 Å². The van der Waals surface area contributed by atoms with Gasteiger partial charge in [0.05, 0.1) is 0 Å². The summed E-state index contributed by atoms with van der Waals surface area (Å²) in [7, 11) is 0. The van der Waals surface area contributed by atoms with Crippen LogP contribution in [0.4, 0.5) is 11.6 Å². The van der Waals surface area contributed by atoms with Crippen LogP contribution in [0.25, 0.3) is 0 Å². The lowest BCUT2D eigenvalue weighted by atomic mass is 10.1. The van der Waals surface area contributed by atoms with Crippen LogP contribution in [0.1, 0.15) is 34.1 Å². The molecule has 0 aliphatic rings. The Morgan fingerprint density at radius 1 is 1.17 bits per heavy atom. The van der Waals surface area contributed by atoms with Crippen molar-refractivity contribution >= 4 is 17.5 Å². The number of hydrogen-bond donors (Lipinski definition) is 2. The number of nitrogens with one attached hydrogen (secondary N) is 2. The smallest absolute Gasteiger partial charge is 0.228 e. The highest BCUT2D eigenvalue weighted by Crippen LogP contribution is 2.08. The molecule has 1 aromatic rings. The second-order valence-corrected chi connectivity index (χ2v) is 5.06. The minimum atomic E-state index is -0.0596. The predicted molar refractivity (Wildman–Crippen MR) is 73.4 cm³/mol. The van der Waals surface area contributed by atoms with Crippen molar-refractivity contribution in [2.75, 3.05) is 17.2 Å². The van der Waals surface area contributed by atoms with Gasteiger partial charge in [-0.3, -0.25) is 4.79 Å². The van der Waals surface area contributed by atoms with Crippen molar-refractivity contribution in [1.29, 1.82) is 0 Å². The first-order valence-corrected chi connectivity index (χ1v) is 6.37. The molecule has 1 heterocycles. The summed E-state index contributed by atoms with van der Waals surface area (Å²) in [6.45, 7) is 8.91. The lowest BCUT2D eigenvalue weighted by molar-refractivity contribution is -0.118. The Kier molecular flexibility index (Phi) is 5.55.